The molecule has 0 aromatic carbocycles. The third-order valence-corrected chi connectivity index (χ3v) is 4.27. The molecule has 0 amide bonds. The fraction of sp³-hybridized carbons (Fsp3) is 0.294. The molecule has 2 aromatic rings. The summed E-state index contributed by atoms with van der Waals surface area (Å²) in [7, 11) is 0. The van der Waals surface area contributed by atoms with Crippen molar-refractivity contribution in [3.8, 4) is 0 Å². The third kappa shape index (κ3) is 4.92. The average Bonchev–Trinajstić information content (AvgIpc) is 2.97. The normalized spacial score (nSPS) is 23.7. The van der Waals surface area contributed by atoms with E-state index in [0.29, 0.717) is 0 Å². The molecule has 3 N–H and O–H groups in total. The van der Waals surface area contributed by atoms with Crippen LogP contribution in [0.15, 0.2) is 45.8 Å². The SMILES string of the molecule is Cl.O=C(OCC1OC(n2cc(/C=C/Cl)c(=O)[nH]c2=O)C(O)C1O)c1ccncc1. The van der Waals surface area contributed by atoms with Crippen molar-refractivity contribution < 1.29 is 24.5 Å². The number of halogens is 2. The minimum absolute atomic E-state index is 0. The smallest absolute Gasteiger partial charge is 0.338 e. The van der Waals surface area contributed by atoms with E-state index in [1.807, 2.05) is 0 Å². The van der Waals surface area contributed by atoms with Gasteiger partial charge in [-0.3, -0.25) is 19.3 Å². The van der Waals surface area contributed by atoms with Gasteiger partial charge in [-0.05, 0) is 18.2 Å². The molecule has 4 atom stereocenters. The Morgan fingerprint density at radius 1 is 1.31 bits per heavy atom. The van der Waals surface area contributed by atoms with E-state index in [2.05, 4.69) is 9.97 Å². The minimum atomic E-state index is -1.50. The number of hydrogen-bond donors (Lipinski definition) is 3. The minimum Gasteiger partial charge on any atom is -0.459 e. The van der Waals surface area contributed by atoms with Crippen molar-refractivity contribution in [1.82, 2.24) is 14.5 Å². The van der Waals surface area contributed by atoms with Gasteiger partial charge in [0, 0.05) is 24.1 Å². The second-order valence-corrected chi connectivity index (χ2v) is 6.18. The number of ether oxygens (including phenoxy) is 2. The number of carbonyl (C=O) groups excluding carboxylic acids is 1. The molecular formula is C17H17Cl2N3O7. The summed E-state index contributed by atoms with van der Waals surface area (Å²) in [6, 6.07) is 2.91. The van der Waals surface area contributed by atoms with E-state index in [9.17, 15) is 24.6 Å². The Kier molecular flexibility index (Phi) is 7.71. The highest BCUT2D eigenvalue weighted by molar-refractivity contribution is 6.27. The van der Waals surface area contributed by atoms with Crippen LogP contribution in [0, 0.1) is 0 Å². The Hall–Kier alpha value is -2.50. The van der Waals surface area contributed by atoms with Crippen molar-refractivity contribution in [3.05, 3.63) is 68.2 Å². The number of nitrogens with zero attached hydrogens (tertiary/aromatic N) is 2. The first-order chi connectivity index (χ1) is 13.4. The number of H-pyrrole nitrogens is 1. The molecule has 4 unspecified atom stereocenters. The van der Waals surface area contributed by atoms with Gasteiger partial charge in [0.2, 0.25) is 0 Å². The van der Waals surface area contributed by atoms with E-state index in [-0.39, 0.29) is 30.1 Å². The van der Waals surface area contributed by atoms with Gasteiger partial charge in [-0.25, -0.2) is 9.59 Å². The van der Waals surface area contributed by atoms with Crippen molar-refractivity contribution in [2.24, 2.45) is 0 Å². The molecular weight excluding hydrogens is 429 g/mol. The number of esters is 1. The fourth-order valence-corrected chi connectivity index (χ4v) is 2.84. The lowest BCUT2D eigenvalue weighted by Crippen LogP contribution is -2.38. The molecule has 0 spiro atoms. The number of aromatic nitrogens is 3. The largest absolute Gasteiger partial charge is 0.459 e. The summed E-state index contributed by atoms with van der Waals surface area (Å²) in [4.78, 5) is 41.6. The molecule has 1 aliphatic rings. The summed E-state index contributed by atoms with van der Waals surface area (Å²) in [6.45, 7) is -0.359. The van der Waals surface area contributed by atoms with Crippen molar-refractivity contribution in [2.45, 2.75) is 24.5 Å². The number of nitrogens with one attached hydrogen (secondary N) is 1. The molecule has 29 heavy (non-hydrogen) atoms. The van der Waals surface area contributed by atoms with Crippen LogP contribution in [0.5, 0.6) is 0 Å². The zero-order valence-corrected chi connectivity index (χ0v) is 16.2. The zero-order chi connectivity index (χ0) is 20.3. The summed E-state index contributed by atoms with van der Waals surface area (Å²) in [5, 5.41) is 20.5. The zero-order valence-electron chi connectivity index (χ0n) is 14.7. The highest BCUT2D eigenvalue weighted by Gasteiger charge is 2.44. The maximum atomic E-state index is 12.1. The number of pyridine rings is 1. The van der Waals surface area contributed by atoms with E-state index in [1.165, 1.54) is 30.6 Å². The predicted octanol–water partition coefficient (Wildman–Crippen LogP) is 0.0391. The summed E-state index contributed by atoms with van der Waals surface area (Å²) in [5.74, 6) is -0.660. The van der Waals surface area contributed by atoms with Crippen LogP contribution in [-0.2, 0) is 9.47 Å². The number of aliphatic hydroxyl groups excluding tert-OH is 2. The van der Waals surface area contributed by atoms with Crippen LogP contribution in [0.3, 0.4) is 0 Å². The van der Waals surface area contributed by atoms with Crippen LogP contribution in [0.1, 0.15) is 22.1 Å². The second-order valence-electron chi connectivity index (χ2n) is 5.92. The summed E-state index contributed by atoms with van der Waals surface area (Å²) in [6.07, 6.45) is -0.0709. The first kappa shape index (κ1) is 22.8. The predicted molar refractivity (Wildman–Crippen MR) is 104 cm³/mol. The van der Waals surface area contributed by atoms with Crippen LogP contribution in [0.4, 0.5) is 0 Å². The molecule has 1 fully saturated rings. The summed E-state index contributed by atoms with van der Waals surface area (Å²) >= 11 is 5.46. The van der Waals surface area contributed by atoms with Gasteiger partial charge in [0.1, 0.15) is 24.9 Å². The van der Waals surface area contributed by atoms with Crippen LogP contribution in [-0.4, -0.2) is 55.6 Å². The topological polar surface area (TPSA) is 144 Å². The van der Waals surface area contributed by atoms with E-state index >= 15 is 0 Å². The molecule has 0 bridgehead atoms. The van der Waals surface area contributed by atoms with E-state index in [4.69, 9.17) is 21.1 Å². The molecule has 2 aromatic heterocycles. The molecule has 1 aliphatic heterocycles. The highest BCUT2D eigenvalue weighted by atomic mass is 35.5. The lowest BCUT2D eigenvalue weighted by atomic mass is 10.1. The van der Waals surface area contributed by atoms with Crippen LogP contribution in [0.25, 0.3) is 6.08 Å². The quantitative estimate of drug-likeness (QED) is 0.547. The average molecular weight is 446 g/mol. The molecule has 0 saturated carbocycles. The summed E-state index contributed by atoms with van der Waals surface area (Å²) < 4.78 is 11.5. The van der Waals surface area contributed by atoms with Crippen molar-refractivity contribution in [1.29, 1.82) is 0 Å². The Labute approximate surface area is 174 Å². The van der Waals surface area contributed by atoms with Gasteiger partial charge >= 0.3 is 11.7 Å². The van der Waals surface area contributed by atoms with Crippen molar-refractivity contribution in [2.75, 3.05) is 6.61 Å². The number of hydrogen-bond acceptors (Lipinski definition) is 8. The Morgan fingerprint density at radius 2 is 2.00 bits per heavy atom. The molecule has 156 valence electrons. The van der Waals surface area contributed by atoms with Crippen molar-refractivity contribution >= 4 is 36.1 Å². The Morgan fingerprint density at radius 3 is 2.66 bits per heavy atom. The monoisotopic (exact) mass is 445 g/mol. The van der Waals surface area contributed by atoms with Crippen LogP contribution in [0.2, 0.25) is 0 Å². The number of rotatable bonds is 5. The van der Waals surface area contributed by atoms with Gasteiger partial charge in [-0.15, -0.1) is 12.4 Å². The van der Waals surface area contributed by atoms with Crippen molar-refractivity contribution in [3.63, 3.8) is 0 Å². The molecule has 1 saturated heterocycles. The molecule has 3 heterocycles. The van der Waals surface area contributed by atoms with Gasteiger partial charge in [0.25, 0.3) is 5.56 Å². The van der Waals surface area contributed by atoms with Gasteiger partial charge in [0.05, 0.1) is 11.1 Å². The molecule has 0 radical (unpaired) electrons. The Balaban J connectivity index is 0.00000300. The van der Waals surface area contributed by atoms with E-state index in [1.54, 1.807) is 0 Å². The number of aliphatic hydroxyl groups is 2. The first-order valence-electron chi connectivity index (χ1n) is 8.13. The standard InChI is InChI=1S/C17H16ClN3O7.ClH/c18-4-1-10-7-21(17(26)20-14(10)24)15-13(23)12(22)11(28-15)8-27-16(25)9-2-5-19-6-3-9;/h1-7,11-13,15,22-23H,8H2,(H,20,24,26);1H/b4-1+;. The lowest BCUT2D eigenvalue weighted by Gasteiger charge is -2.17. The molecule has 3 rings (SSSR count). The third-order valence-electron chi connectivity index (χ3n) is 4.14. The van der Waals surface area contributed by atoms with Crippen LogP contribution < -0.4 is 11.2 Å². The van der Waals surface area contributed by atoms with E-state index < -0.39 is 41.8 Å². The highest BCUT2D eigenvalue weighted by Crippen LogP contribution is 2.28. The van der Waals surface area contributed by atoms with E-state index in [0.717, 1.165) is 16.3 Å². The first-order valence-corrected chi connectivity index (χ1v) is 8.57. The Bertz CT molecular complexity index is 993. The summed E-state index contributed by atoms with van der Waals surface area (Å²) in [5.41, 5.74) is -0.126. The second kappa shape index (κ2) is 9.81. The number of aromatic amines is 1. The van der Waals surface area contributed by atoms with Gasteiger partial charge < -0.3 is 19.7 Å². The molecule has 10 nitrogen and oxygen atoms in total. The molecule has 12 heteroatoms. The van der Waals surface area contributed by atoms with Gasteiger partial charge in [0.15, 0.2) is 6.23 Å². The maximum absolute atomic E-state index is 12.1. The fourth-order valence-electron chi connectivity index (χ4n) is 2.70. The van der Waals surface area contributed by atoms with Crippen LogP contribution >= 0.6 is 24.0 Å². The van der Waals surface area contributed by atoms with Gasteiger partial charge in [-0.1, -0.05) is 11.6 Å². The lowest BCUT2D eigenvalue weighted by molar-refractivity contribution is -0.0599. The number of carbonyl (C=O) groups is 1. The molecule has 0 aliphatic carbocycles. The van der Waals surface area contributed by atoms with Gasteiger partial charge in [-0.2, -0.15) is 0 Å². The maximum Gasteiger partial charge on any atom is 0.338 e.